The van der Waals surface area contributed by atoms with E-state index in [0.717, 1.165) is 19.6 Å². The van der Waals surface area contributed by atoms with Crippen LogP contribution in [0.2, 0.25) is 0 Å². The van der Waals surface area contributed by atoms with Gasteiger partial charge in [0.05, 0.1) is 28.1 Å². The molecule has 120 valence electrons. The summed E-state index contributed by atoms with van der Waals surface area (Å²) in [5.74, 6) is 0. The molecular weight excluding hydrogens is 292 g/mol. The van der Waals surface area contributed by atoms with E-state index in [2.05, 4.69) is 28.7 Å². The summed E-state index contributed by atoms with van der Waals surface area (Å²) in [6.07, 6.45) is 3.16. The summed E-state index contributed by atoms with van der Waals surface area (Å²) in [5.41, 5.74) is 0.887. The molecule has 0 saturated carbocycles. The first-order valence-corrected chi connectivity index (χ1v) is 7.87. The average molecular weight is 312 g/mol. The fraction of sp³-hybridized carbons (Fsp3) is 0.353. The van der Waals surface area contributed by atoms with Crippen LogP contribution in [0, 0.1) is 0 Å². The highest BCUT2D eigenvalue weighted by atomic mass is 16.1. The minimum absolute atomic E-state index is 0.162. The maximum Gasteiger partial charge on any atom is 0.262 e. The van der Waals surface area contributed by atoms with Gasteiger partial charge in [0.2, 0.25) is 0 Å². The van der Waals surface area contributed by atoms with Crippen LogP contribution < -0.4 is 11.0 Å². The molecule has 2 aromatic heterocycles. The number of aromatic nitrogens is 3. The Hall–Kier alpha value is -2.47. The zero-order valence-corrected chi connectivity index (χ0v) is 13.4. The fourth-order valence-electron chi connectivity index (χ4n) is 2.86. The zero-order chi connectivity index (χ0) is 16.4. The molecule has 23 heavy (non-hydrogen) atoms. The van der Waals surface area contributed by atoms with Crippen molar-refractivity contribution < 1.29 is 0 Å². The monoisotopic (exact) mass is 312 g/mol. The maximum absolute atomic E-state index is 12.8. The second kappa shape index (κ2) is 6.34. The average Bonchev–Trinajstić information content (AvgIpc) is 2.57. The largest absolute Gasteiger partial charge is 0.361 e. The molecule has 0 atom stereocenters. The Kier molecular flexibility index (Phi) is 4.25. The molecular formula is C17H20N4O2. The van der Waals surface area contributed by atoms with Crippen LogP contribution in [-0.4, -0.2) is 39.1 Å². The highest BCUT2D eigenvalue weighted by Gasteiger charge is 2.11. The molecule has 0 spiro atoms. The van der Waals surface area contributed by atoms with Gasteiger partial charge in [-0.3, -0.25) is 14.2 Å². The number of nitrogens with one attached hydrogen (secondary N) is 1. The Bertz CT molecular complexity index is 954. The highest BCUT2D eigenvalue weighted by Crippen LogP contribution is 2.16. The van der Waals surface area contributed by atoms with Crippen LogP contribution in [-0.2, 0) is 6.54 Å². The van der Waals surface area contributed by atoms with Crippen molar-refractivity contribution in [2.45, 2.75) is 20.4 Å². The van der Waals surface area contributed by atoms with E-state index in [1.54, 1.807) is 29.2 Å². The molecule has 0 unspecified atom stereocenters. The lowest BCUT2D eigenvalue weighted by Crippen LogP contribution is -2.31. The highest BCUT2D eigenvalue weighted by molar-refractivity contribution is 6.03. The van der Waals surface area contributed by atoms with E-state index in [1.807, 2.05) is 0 Å². The standard InChI is InChI=1S/C17H20N4O2/c1-3-20(4-2)9-10-21-11-19-13-6-5-12-15(16(13)17(21)23)14(22)7-8-18-12/h5-8,11H,3-4,9-10H2,1-2H3,(H,18,22). The molecule has 2 heterocycles. The van der Waals surface area contributed by atoms with Crippen LogP contribution in [0.15, 0.2) is 40.3 Å². The molecule has 6 heteroatoms. The van der Waals surface area contributed by atoms with Crippen molar-refractivity contribution in [2.75, 3.05) is 19.6 Å². The van der Waals surface area contributed by atoms with E-state index >= 15 is 0 Å². The van der Waals surface area contributed by atoms with Crippen molar-refractivity contribution in [1.82, 2.24) is 19.4 Å². The van der Waals surface area contributed by atoms with Crippen molar-refractivity contribution in [3.05, 3.63) is 51.3 Å². The van der Waals surface area contributed by atoms with Gasteiger partial charge in [0.15, 0.2) is 5.43 Å². The normalized spacial score (nSPS) is 11.6. The van der Waals surface area contributed by atoms with E-state index in [4.69, 9.17) is 0 Å². The van der Waals surface area contributed by atoms with Crippen LogP contribution in [0.5, 0.6) is 0 Å². The number of hydrogen-bond donors (Lipinski definition) is 1. The Balaban J connectivity index is 2.16. The van der Waals surface area contributed by atoms with Gasteiger partial charge in [-0.05, 0) is 25.2 Å². The van der Waals surface area contributed by atoms with E-state index in [-0.39, 0.29) is 11.0 Å². The lowest BCUT2D eigenvalue weighted by atomic mass is 10.1. The van der Waals surface area contributed by atoms with Gasteiger partial charge in [0.25, 0.3) is 5.56 Å². The van der Waals surface area contributed by atoms with E-state index in [9.17, 15) is 9.59 Å². The molecule has 0 amide bonds. The molecule has 0 saturated heterocycles. The van der Waals surface area contributed by atoms with Crippen molar-refractivity contribution >= 4 is 21.8 Å². The lowest BCUT2D eigenvalue weighted by Gasteiger charge is -2.18. The number of pyridine rings is 1. The molecule has 0 fully saturated rings. The number of nitrogens with zero attached hydrogens (tertiary/aromatic N) is 3. The number of rotatable bonds is 5. The summed E-state index contributed by atoms with van der Waals surface area (Å²) in [6.45, 7) is 7.41. The van der Waals surface area contributed by atoms with Crippen LogP contribution >= 0.6 is 0 Å². The van der Waals surface area contributed by atoms with Crippen LogP contribution in [0.1, 0.15) is 13.8 Å². The molecule has 0 bridgehead atoms. The smallest absolute Gasteiger partial charge is 0.262 e. The third-order valence-corrected chi connectivity index (χ3v) is 4.27. The minimum atomic E-state index is -0.163. The summed E-state index contributed by atoms with van der Waals surface area (Å²) in [7, 11) is 0. The molecule has 0 aliphatic carbocycles. The predicted molar refractivity (Wildman–Crippen MR) is 91.9 cm³/mol. The van der Waals surface area contributed by atoms with Gasteiger partial charge in [-0.25, -0.2) is 4.98 Å². The van der Waals surface area contributed by atoms with E-state index < -0.39 is 0 Å². The summed E-state index contributed by atoms with van der Waals surface area (Å²) >= 11 is 0. The summed E-state index contributed by atoms with van der Waals surface area (Å²) in [4.78, 5) is 34.7. The second-order valence-electron chi connectivity index (χ2n) is 5.49. The van der Waals surface area contributed by atoms with Crippen molar-refractivity contribution in [3.8, 4) is 0 Å². The maximum atomic E-state index is 12.8. The number of H-pyrrole nitrogens is 1. The summed E-state index contributed by atoms with van der Waals surface area (Å²) in [5, 5.41) is 0.811. The van der Waals surface area contributed by atoms with Crippen molar-refractivity contribution in [2.24, 2.45) is 0 Å². The molecule has 0 radical (unpaired) electrons. The predicted octanol–water partition coefficient (Wildman–Crippen LogP) is 1.58. The Morgan fingerprint density at radius 2 is 1.91 bits per heavy atom. The molecule has 3 rings (SSSR count). The van der Waals surface area contributed by atoms with Crippen molar-refractivity contribution in [1.29, 1.82) is 0 Å². The molecule has 1 aromatic carbocycles. The molecule has 1 N–H and O–H groups in total. The first-order valence-electron chi connectivity index (χ1n) is 7.87. The van der Waals surface area contributed by atoms with E-state index in [1.165, 1.54) is 6.07 Å². The number of fused-ring (bicyclic) bond motifs is 3. The Morgan fingerprint density at radius 3 is 2.65 bits per heavy atom. The van der Waals surface area contributed by atoms with Crippen LogP contribution in [0.4, 0.5) is 0 Å². The minimum Gasteiger partial charge on any atom is -0.361 e. The molecule has 0 aliphatic heterocycles. The van der Waals surface area contributed by atoms with Gasteiger partial charge in [0, 0.05) is 25.4 Å². The summed E-state index contributed by atoms with van der Waals surface area (Å²) in [6, 6.07) is 4.99. The van der Waals surface area contributed by atoms with Gasteiger partial charge >= 0.3 is 0 Å². The Labute approximate surface area is 133 Å². The lowest BCUT2D eigenvalue weighted by molar-refractivity contribution is 0.289. The molecule has 6 nitrogen and oxygen atoms in total. The fourth-order valence-corrected chi connectivity index (χ4v) is 2.86. The molecule has 3 aromatic rings. The number of aromatic amines is 1. The second-order valence-corrected chi connectivity index (χ2v) is 5.49. The molecule has 0 aliphatic rings. The number of benzene rings is 1. The first kappa shape index (κ1) is 15.4. The zero-order valence-electron chi connectivity index (χ0n) is 13.4. The third kappa shape index (κ3) is 2.77. The van der Waals surface area contributed by atoms with Gasteiger partial charge in [-0.1, -0.05) is 13.8 Å². The van der Waals surface area contributed by atoms with Gasteiger partial charge < -0.3 is 9.88 Å². The third-order valence-electron chi connectivity index (χ3n) is 4.27. The van der Waals surface area contributed by atoms with E-state index in [0.29, 0.717) is 28.4 Å². The van der Waals surface area contributed by atoms with Gasteiger partial charge in [0.1, 0.15) is 0 Å². The first-order chi connectivity index (χ1) is 11.2. The van der Waals surface area contributed by atoms with Crippen LogP contribution in [0.25, 0.3) is 21.8 Å². The van der Waals surface area contributed by atoms with Gasteiger partial charge in [-0.2, -0.15) is 0 Å². The van der Waals surface area contributed by atoms with Crippen molar-refractivity contribution in [3.63, 3.8) is 0 Å². The quantitative estimate of drug-likeness (QED) is 0.726. The topological polar surface area (TPSA) is 71.0 Å². The van der Waals surface area contributed by atoms with Gasteiger partial charge in [-0.15, -0.1) is 0 Å². The van der Waals surface area contributed by atoms with Crippen LogP contribution in [0.3, 0.4) is 0 Å². The number of hydrogen-bond acceptors (Lipinski definition) is 4. The SMILES string of the molecule is CCN(CC)CCn1cnc2ccc3[nH]ccc(=O)c3c2c1=O. The summed E-state index contributed by atoms with van der Waals surface area (Å²) < 4.78 is 1.59. The number of likely N-dealkylation sites (N-methyl/N-ethyl adjacent to an activating group) is 1. The Morgan fingerprint density at radius 1 is 1.13 bits per heavy atom.